The molecule has 0 aliphatic heterocycles. The predicted molar refractivity (Wildman–Crippen MR) is 89.6 cm³/mol. The molecule has 27 heavy (non-hydrogen) atoms. The van der Waals surface area contributed by atoms with E-state index in [1.165, 1.54) is 13.0 Å². The van der Waals surface area contributed by atoms with E-state index in [1.807, 2.05) is 0 Å². The minimum Gasteiger partial charge on any atom is -0.394 e. The molecule has 0 aliphatic rings. The van der Waals surface area contributed by atoms with Crippen molar-refractivity contribution < 1.29 is 31.4 Å². The van der Waals surface area contributed by atoms with Gasteiger partial charge in [-0.15, -0.1) is 0 Å². The van der Waals surface area contributed by atoms with Gasteiger partial charge in [0.1, 0.15) is 5.82 Å². The molecular weight excluding hydrogens is 446 g/mol. The molecule has 0 aliphatic carbocycles. The Morgan fingerprint density at radius 2 is 1.74 bits per heavy atom. The first-order valence-electron chi connectivity index (χ1n) is 7.37. The summed E-state index contributed by atoms with van der Waals surface area (Å²) in [6, 6.07) is 3.04. The van der Waals surface area contributed by atoms with Crippen molar-refractivity contribution in [1.29, 1.82) is 0 Å². The summed E-state index contributed by atoms with van der Waals surface area (Å²) in [4.78, 5) is 7.13. The van der Waals surface area contributed by atoms with Gasteiger partial charge in [0.2, 0.25) is 5.95 Å². The van der Waals surface area contributed by atoms with E-state index in [0.29, 0.717) is 6.07 Å². The molecule has 0 unspecified atom stereocenters. The second-order valence-corrected chi connectivity index (χ2v) is 6.36. The SMILES string of the molecule is C[C@@H](CO)Nc1nc(Nc2ccc(Br)c(C(F)(F)F)c2)cc(C(F)(F)F)n1. The van der Waals surface area contributed by atoms with E-state index in [4.69, 9.17) is 5.11 Å². The third-order valence-electron chi connectivity index (χ3n) is 3.21. The Morgan fingerprint density at radius 3 is 2.30 bits per heavy atom. The minimum atomic E-state index is -4.80. The van der Waals surface area contributed by atoms with Crippen LogP contribution in [0.2, 0.25) is 0 Å². The lowest BCUT2D eigenvalue weighted by atomic mass is 10.2. The monoisotopic (exact) mass is 458 g/mol. The van der Waals surface area contributed by atoms with Crippen LogP contribution in [0.25, 0.3) is 0 Å². The topological polar surface area (TPSA) is 70.1 Å². The third-order valence-corrected chi connectivity index (χ3v) is 3.90. The van der Waals surface area contributed by atoms with Crippen LogP contribution in [0.1, 0.15) is 18.2 Å². The molecule has 3 N–H and O–H groups in total. The maximum absolute atomic E-state index is 13.0. The van der Waals surface area contributed by atoms with E-state index in [-0.39, 0.29) is 22.6 Å². The first-order chi connectivity index (χ1) is 12.4. The van der Waals surface area contributed by atoms with Gasteiger partial charge >= 0.3 is 12.4 Å². The smallest absolute Gasteiger partial charge is 0.394 e. The Labute approximate surface area is 158 Å². The number of anilines is 3. The zero-order valence-corrected chi connectivity index (χ0v) is 15.2. The predicted octanol–water partition coefficient (Wildman–Crippen LogP) is 4.81. The zero-order valence-electron chi connectivity index (χ0n) is 13.6. The average molecular weight is 459 g/mol. The van der Waals surface area contributed by atoms with Crippen molar-refractivity contribution in [2.45, 2.75) is 25.3 Å². The van der Waals surface area contributed by atoms with Gasteiger partial charge in [-0.3, -0.25) is 0 Å². The molecule has 2 aromatic rings. The van der Waals surface area contributed by atoms with Crippen molar-refractivity contribution >= 4 is 33.4 Å². The van der Waals surface area contributed by atoms with Gasteiger partial charge in [-0.2, -0.15) is 31.3 Å². The van der Waals surface area contributed by atoms with Gasteiger partial charge in [-0.25, -0.2) is 4.98 Å². The van der Waals surface area contributed by atoms with Crippen molar-refractivity contribution in [2.75, 3.05) is 17.2 Å². The van der Waals surface area contributed by atoms with Crippen LogP contribution in [0.15, 0.2) is 28.7 Å². The van der Waals surface area contributed by atoms with E-state index in [9.17, 15) is 26.3 Å². The van der Waals surface area contributed by atoms with Crippen molar-refractivity contribution in [3.8, 4) is 0 Å². The number of rotatable bonds is 5. The maximum Gasteiger partial charge on any atom is 0.433 e. The summed E-state index contributed by atoms with van der Waals surface area (Å²) in [6.45, 7) is 1.10. The summed E-state index contributed by atoms with van der Waals surface area (Å²) in [7, 11) is 0. The standard InChI is InChI=1S/C15H13BrF6N4O/c1-7(6-27)23-13-25-11(15(20,21)22)5-12(26-13)24-8-2-3-10(16)9(4-8)14(17,18)19/h2-5,7,27H,6H2,1H3,(H2,23,24,25,26)/t7-/m0/s1. The number of benzene rings is 1. The Bertz CT molecular complexity index is 812. The van der Waals surface area contributed by atoms with Crippen LogP contribution >= 0.6 is 15.9 Å². The number of hydrogen-bond donors (Lipinski definition) is 3. The molecule has 5 nitrogen and oxygen atoms in total. The molecule has 0 bridgehead atoms. The second kappa shape index (κ2) is 7.89. The third kappa shape index (κ3) is 5.70. The first kappa shape index (κ1) is 21.2. The molecule has 1 atom stereocenters. The largest absolute Gasteiger partial charge is 0.433 e. The fraction of sp³-hybridized carbons (Fsp3) is 0.333. The number of aromatic nitrogens is 2. The van der Waals surface area contributed by atoms with Gasteiger partial charge in [0.05, 0.1) is 12.2 Å². The highest BCUT2D eigenvalue weighted by Crippen LogP contribution is 2.37. The van der Waals surface area contributed by atoms with Crippen LogP contribution in [0.5, 0.6) is 0 Å². The minimum absolute atomic E-state index is 0.112. The number of aliphatic hydroxyl groups is 1. The molecule has 12 heteroatoms. The summed E-state index contributed by atoms with van der Waals surface area (Å²) in [5.74, 6) is -0.789. The first-order valence-corrected chi connectivity index (χ1v) is 8.17. The van der Waals surface area contributed by atoms with Crippen LogP contribution in [0.3, 0.4) is 0 Å². The molecule has 0 radical (unpaired) electrons. The van der Waals surface area contributed by atoms with E-state index in [0.717, 1.165) is 12.1 Å². The van der Waals surface area contributed by atoms with Gasteiger partial charge in [0.25, 0.3) is 0 Å². The molecular formula is C15H13BrF6N4O. The Morgan fingerprint density at radius 1 is 1.07 bits per heavy atom. The fourth-order valence-corrected chi connectivity index (χ4v) is 2.43. The molecule has 0 saturated carbocycles. The average Bonchev–Trinajstić information content (AvgIpc) is 2.54. The lowest BCUT2D eigenvalue weighted by molar-refractivity contribution is -0.141. The highest BCUT2D eigenvalue weighted by Gasteiger charge is 2.35. The van der Waals surface area contributed by atoms with Crippen LogP contribution in [0.4, 0.5) is 43.8 Å². The van der Waals surface area contributed by atoms with Gasteiger partial charge in [0, 0.05) is 22.3 Å². The van der Waals surface area contributed by atoms with Crippen LogP contribution < -0.4 is 10.6 Å². The summed E-state index contributed by atoms with van der Waals surface area (Å²) in [5.41, 5.74) is -2.40. The number of nitrogens with zero attached hydrogens (tertiary/aromatic N) is 2. The highest BCUT2D eigenvalue weighted by molar-refractivity contribution is 9.10. The van der Waals surface area contributed by atoms with Crippen LogP contribution in [-0.2, 0) is 12.4 Å². The van der Waals surface area contributed by atoms with Gasteiger partial charge in [0.15, 0.2) is 5.69 Å². The van der Waals surface area contributed by atoms with Gasteiger partial charge < -0.3 is 15.7 Å². The number of halogens is 7. The number of nitrogens with one attached hydrogen (secondary N) is 2. The number of hydrogen-bond acceptors (Lipinski definition) is 5. The van der Waals surface area contributed by atoms with Crippen LogP contribution in [-0.4, -0.2) is 27.7 Å². The van der Waals surface area contributed by atoms with Crippen molar-refractivity contribution in [1.82, 2.24) is 9.97 Å². The lowest BCUT2D eigenvalue weighted by Crippen LogP contribution is -2.22. The van der Waals surface area contributed by atoms with Gasteiger partial charge in [-0.1, -0.05) is 15.9 Å². The molecule has 1 heterocycles. The quantitative estimate of drug-likeness (QED) is 0.560. The normalized spacial score (nSPS) is 13.4. The van der Waals surface area contributed by atoms with Gasteiger partial charge in [-0.05, 0) is 25.1 Å². The van der Waals surface area contributed by atoms with E-state index in [1.54, 1.807) is 0 Å². The summed E-state index contributed by atoms with van der Waals surface area (Å²) < 4.78 is 77.8. The maximum atomic E-state index is 13.0. The van der Waals surface area contributed by atoms with Crippen molar-refractivity contribution in [3.05, 3.63) is 40.0 Å². The van der Waals surface area contributed by atoms with Crippen LogP contribution in [0, 0.1) is 0 Å². The zero-order chi connectivity index (χ0) is 20.4. The Hall–Kier alpha value is -2.08. The Kier molecular flexibility index (Phi) is 6.20. The molecule has 0 spiro atoms. The van der Waals surface area contributed by atoms with E-state index < -0.39 is 35.6 Å². The summed E-state index contributed by atoms with van der Waals surface area (Å²) >= 11 is 2.78. The second-order valence-electron chi connectivity index (χ2n) is 5.51. The fourth-order valence-electron chi connectivity index (χ4n) is 1.96. The van der Waals surface area contributed by atoms with Crippen molar-refractivity contribution in [2.24, 2.45) is 0 Å². The molecule has 1 aromatic heterocycles. The summed E-state index contributed by atoms with van der Waals surface area (Å²) in [5, 5.41) is 13.9. The molecule has 1 aromatic carbocycles. The lowest BCUT2D eigenvalue weighted by Gasteiger charge is -2.16. The molecule has 2 rings (SSSR count). The number of alkyl halides is 6. The van der Waals surface area contributed by atoms with E-state index in [2.05, 4.69) is 36.5 Å². The molecule has 0 fully saturated rings. The highest BCUT2D eigenvalue weighted by atomic mass is 79.9. The molecule has 0 amide bonds. The molecule has 0 saturated heterocycles. The molecule has 148 valence electrons. The van der Waals surface area contributed by atoms with Crippen molar-refractivity contribution in [3.63, 3.8) is 0 Å². The Balaban J connectivity index is 2.42. The summed E-state index contributed by atoms with van der Waals surface area (Å²) in [6.07, 6.45) is -9.45. The number of aliphatic hydroxyl groups excluding tert-OH is 1. The van der Waals surface area contributed by atoms with E-state index >= 15 is 0 Å².